The van der Waals surface area contributed by atoms with E-state index in [1.807, 2.05) is 6.07 Å². The molecule has 0 N–H and O–H groups in total. The fourth-order valence-corrected chi connectivity index (χ4v) is 2.88. The summed E-state index contributed by atoms with van der Waals surface area (Å²) in [6, 6.07) is 1.58. The Morgan fingerprint density at radius 2 is 2.15 bits per heavy atom. The first-order valence-electron chi connectivity index (χ1n) is 4.40. The van der Waals surface area contributed by atoms with Crippen LogP contribution in [-0.2, 0) is 10.0 Å². The van der Waals surface area contributed by atoms with E-state index >= 15 is 0 Å². The molecular weight excluding hydrogens is 188 g/mol. The van der Waals surface area contributed by atoms with Gasteiger partial charge in [-0.25, -0.2) is 8.42 Å². The van der Waals surface area contributed by atoms with Gasteiger partial charge in [0.25, 0.3) is 0 Å². The first kappa shape index (κ1) is 10.5. The molecule has 1 heterocycles. The monoisotopic (exact) mass is 202 g/mol. The maximum absolute atomic E-state index is 11.7. The molecule has 74 valence electrons. The summed E-state index contributed by atoms with van der Waals surface area (Å²) in [5.41, 5.74) is 0. The van der Waals surface area contributed by atoms with Gasteiger partial charge in [-0.1, -0.05) is 0 Å². The van der Waals surface area contributed by atoms with Gasteiger partial charge in [0.2, 0.25) is 10.0 Å². The summed E-state index contributed by atoms with van der Waals surface area (Å²) < 4.78 is 24.7. The van der Waals surface area contributed by atoms with E-state index in [0.717, 1.165) is 6.42 Å². The van der Waals surface area contributed by atoms with Crippen LogP contribution in [-0.4, -0.2) is 30.6 Å². The Kier molecular flexibility index (Phi) is 2.94. The molecule has 0 amide bonds. The van der Waals surface area contributed by atoms with Gasteiger partial charge >= 0.3 is 0 Å². The molecule has 0 aromatic carbocycles. The maximum Gasteiger partial charge on any atom is 0.217 e. The zero-order valence-corrected chi connectivity index (χ0v) is 8.71. The van der Waals surface area contributed by atoms with E-state index in [2.05, 4.69) is 0 Å². The van der Waals surface area contributed by atoms with Gasteiger partial charge in [-0.05, 0) is 26.7 Å². The van der Waals surface area contributed by atoms with Crippen molar-refractivity contribution in [3.05, 3.63) is 0 Å². The predicted octanol–water partition coefficient (Wildman–Crippen LogP) is 0.713. The van der Waals surface area contributed by atoms with Crippen molar-refractivity contribution in [2.45, 2.75) is 38.0 Å². The van der Waals surface area contributed by atoms with E-state index in [-0.39, 0.29) is 0 Å². The van der Waals surface area contributed by atoms with Crippen molar-refractivity contribution >= 4 is 10.0 Å². The van der Waals surface area contributed by atoms with Crippen LogP contribution < -0.4 is 0 Å². The standard InChI is InChI=1S/C8H14N2O2S/c1-7(2)13(11,12)10-5-3-4-8(10)6-9/h7-8H,3-5H2,1-2H3. The molecule has 1 saturated heterocycles. The van der Waals surface area contributed by atoms with Gasteiger partial charge in [0.1, 0.15) is 6.04 Å². The minimum Gasteiger partial charge on any atom is -0.212 e. The van der Waals surface area contributed by atoms with Crippen molar-refractivity contribution in [3.63, 3.8) is 0 Å². The Balaban J connectivity index is 2.90. The van der Waals surface area contributed by atoms with Gasteiger partial charge in [0, 0.05) is 6.54 Å². The normalized spacial score (nSPS) is 24.9. The van der Waals surface area contributed by atoms with E-state index in [1.54, 1.807) is 13.8 Å². The highest BCUT2D eigenvalue weighted by Crippen LogP contribution is 2.22. The summed E-state index contributed by atoms with van der Waals surface area (Å²) in [5.74, 6) is 0. The van der Waals surface area contributed by atoms with E-state index < -0.39 is 21.3 Å². The minimum atomic E-state index is -3.23. The first-order valence-corrected chi connectivity index (χ1v) is 5.90. The number of nitrogens with zero attached hydrogens (tertiary/aromatic N) is 2. The van der Waals surface area contributed by atoms with Crippen LogP contribution in [0, 0.1) is 11.3 Å². The van der Waals surface area contributed by atoms with Gasteiger partial charge < -0.3 is 0 Å². The molecule has 0 aromatic heterocycles. The van der Waals surface area contributed by atoms with Crippen LogP contribution in [0.3, 0.4) is 0 Å². The number of rotatable bonds is 2. The molecule has 0 spiro atoms. The maximum atomic E-state index is 11.7. The minimum absolute atomic E-state index is 0.429. The molecule has 0 radical (unpaired) electrons. The summed E-state index contributed by atoms with van der Waals surface area (Å²) >= 11 is 0. The molecule has 0 aliphatic carbocycles. The van der Waals surface area contributed by atoms with Crippen molar-refractivity contribution in [1.29, 1.82) is 5.26 Å². The fraction of sp³-hybridized carbons (Fsp3) is 0.875. The largest absolute Gasteiger partial charge is 0.217 e. The summed E-state index contributed by atoms with van der Waals surface area (Å²) in [4.78, 5) is 0. The Labute approximate surface area is 79.2 Å². The van der Waals surface area contributed by atoms with Gasteiger partial charge in [0.05, 0.1) is 11.3 Å². The van der Waals surface area contributed by atoms with Gasteiger partial charge in [0.15, 0.2) is 0 Å². The van der Waals surface area contributed by atoms with E-state index in [4.69, 9.17) is 5.26 Å². The lowest BCUT2D eigenvalue weighted by Gasteiger charge is -2.21. The molecule has 1 fully saturated rings. The van der Waals surface area contributed by atoms with Crippen LogP contribution in [0.4, 0.5) is 0 Å². The second-order valence-corrected chi connectivity index (χ2v) is 5.93. The zero-order chi connectivity index (χ0) is 10.1. The lowest BCUT2D eigenvalue weighted by Crippen LogP contribution is -2.39. The van der Waals surface area contributed by atoms with E-state index in [9.17, 15) is 8.42 Å². The highest BCUT2D eigenvalue weighted by molar-refractivity contribution is 7.89. The molecule has 0 aromatic rings. The highest BCUT2D eigenvalue weighted by Gasteiger charge is 2.35. The third kappa shape index (κ3) is 1.84. The third-order valence-electron chi connectivity index (χ3n) is 2.28. The van der Waals surface area contributed by atoms with Gasteiger partial charge in [-0.3, -0.25) is 0 Å². The molecule has 4 nitrogen and oxygen atoms in total. The van der Waals surface area contributed by atoms with Crippen LogP contribution in [0.1, 0.15) is 26.7 Å². The van der Waals surface area contributed by atoms with E-state index in [0.29, 0.717) is 13.0 Å². The molecule has 0 saturated carbocycles. The highest BCUT2D eigenvalue weighted by atomic mass is 32.2. The van der Waals surface area contributed by atoms with Crippen molar-refractivity contribution in [2.75, 3.05) is 6.54 Å². The van der Waals surface area contributed by atoms with Gasteiger partial charge in [-0.15, -0.1) is 0 Å². The second-order valence-electron chi connectivity index (χ2n) is 3.49. The Morgan fingerprint density at radius 3 is 2.62 bits per heavy atom. The smallest absolute Gasteiger partial charge is 0.212 e. The van der Waals surface area contributed by atoms with Crippen LogP contribution in [0.15, 0.2) is 0 Å². The van der Waals surface area contributed by atoms with Crippen LogP contribution >= 0.6 is 0 Å². The summed E-state index contributed by atoms with van der Waals surface area (Å²) in [5, 5.41) is 8.30. The molecule has 1 atom stereocenters. The fourth-order valence-electron chi connectivity index (χ4n) is 1.44. The van der Waals surface area contributed by atoms with E-state index in [1.165, 1.54) is 4.31 Å². The van der Waals surface area contributed by atoms with Gasteiger partial charge in [-0.2, -0.15) is 9.57 Å². The molecular formula is C8H14N2O2S. The molecule has 1 aliphatic heterocycles. The van der Waals surface area contributed by atoms with Crippen LogP contribution in [0.25, 0.3) is 0 Å². The molecule has 5 heteroatoms. The number of sulfonamides is 1. The summed E-state index contributed by atoms with van der Waals surface area (Å²) in [7, 11) is -3.23. The zero-order valence-electron chi connectivity index (χ0n) is 7.90. The molecule has 1 rings (SSSR count). The first-order chi connectivity index (χ1) is 6.00. The second kappa shape index (κ2) is 3.64. The third-order valence-corrected chi connectivity index (χ3v) is 4.56. The molecule has 13 heavy (non-hydrogen) atoms. The van der Waals surface area contributed by atoms with Crippen LogP contribution in [0.5, 0.6) is 0 Å². The number of nitriles is 1. The van der Waals surface area contributed by atoms with Crippen molar-refractivity contribution < 1.29 is 8.42 Å². The molecule has 1 unspecified atom stereocenters. The van der Waals surface area contributed by atoms with Crippen molar-refractivity contribution in [1.82, 2.24) is 4.31 Å². The average molecular weight is 202 g/mol. The Morgan fingerprint density at radius 1 is 1.54 bits per heavy atom. The Bertz CT molecular complexity index is 316. The number of hydrogen-bond donors (Lipinski definition) is 0. The molecule has 0 bridgehead atoms. The number of hydrogen-bond acceptors (Lipinski definition) is 3. The van der Waals surface area contributed by atoms with Crippen molar-refractivity contribution in [3.8, 4) is 6.07 Å². The van der Waals surface area contributed by atoms with Crippen molar-refractivity contribution in [2.24, 2.45) is 0 Å². The predicted molar refractivity (Wildman–Crippen MR) is 49.4 cm³/mol. The summed E-state index contributed by atoms with van der Waals surface area (Å²) in [6.07, 6.45) is 1.46. The topological polar surface area (TPSA) is 61.2 Å². The lowest BCUT2D eigenvalue weighted by molar-refractivity contribution is 0.431. The molecule has 1 aliphatic rings. The Hall–Kier alpha value is -0.600. The quantitative estimate of drug-likeness (QED) is 0.662. The summed E-state index contributed by atoms with van der Waals surface area (Å²) in [6.45, 7) is 3.78. The van der Waals surface area contributed by atoms with Crippen LogP contribution in [0.2, 0.25) is 0 Å². The average Bonchev–Trinajstić information content (AvgIpc) is 2.51. The lowest BCUT2D eigenvalue weighted by atomic mass is 10.2. The SMILES string of the molecule is CC(C)S(=O)(=O)N1CCCC1C#N.